The van der Waals surface area contributed by atoms with Crippen LogP contribution < -0.4 is 25.8 Å². The van der Waals surface area contributed by atoms with E-state index in [4.69, 9.17) is 9.72 Å². The number of anilines is 5. The first-order valence-electron chi connectivity index (χ1n) is 12.9. The van der Waals surface area contributed by atoms with E-state index >= 15 is 0 Å². The Labute approximate surface area is 222 Å². The summed E-state index contributed by atoms with van der Waals surface area (Å²) < 4.78 is 5.44. The highest BCUT2D eigenvalue weighted by Crippen LogP contribution is 2.25. The predicted molar refractivity (Wildman–Crippen MR) is 149 cm³/mol. The van der Waals surface area contributed by atoms with Gasteiger partial charge >= 0.3 is 6.03 Å². The fourth-order valence-corrected chi connectivity index (χ4v) is 4.73. The Morgan fingerprint density at radius 3 is 2.37 bits per heavy atom. The van der Waals surface area contributed by atoms with Gasteiger partial charge in [0.15, 0.2) is 5.78 Å². The topological polar surface area (TPSA) is 112 Å². The van der Waals surface area contributed by atoms with Crippen LogP contribution in [0.5, 0.6) is 0 Å². The van der Waals surface area contributed by atoms with E-state index in [2.05, 4.69) is 42.9 Å². The molecule has 2 aliphatic heterocycles. The van der Waals surface area contributed by atoms with E-state index in [0.717, 1.165) is 56.3 Å². The summed E-state index contributed by atoms with van der Waals surface area (Å²) in [6.07, 6.45) is 2.64. The van der Waals surface area contributed by atoms with Crippen molar-refractivity contribution in [3.05, 3.63) is 65.9 Å². The largest absolute Gasteiger partial charge is 0.378 e. The highest BCUT2D eigenvalue weighted by Gasteiger charge is 2.26. The van der Waals surface area contributed by atoms with Gasteiger partial charge < -0.3 is 30.5 Å². The number of urea groups is 1. The quantitative estimate of drug-likeness (QED) is 0.406. The first-order chi connectivity index (χ1) is 18.4. The number of aromatic nitrogens is 2. The number of amides is 2. The van der Waals surface area contributed by atoms with Crippen LogP contribution in [-0.2, 0) is 4.74 Å². The van der Waals surface area contributed by atoms with Crippen molar-refractivity contribution < 1.29 is 14.3 Å². The van der Waals surface area contributed by atoms with Crippen LogP contribution in [0.4, 0.5) is 33.6 Å². The van der Waals surface area contributed by atoms with E-state index in [1.807, 2.05) is 25.3 Å². The number of nitrogens with one attached hydrogen (secondary N) is 3. The number of hydrogen-bond acceptors (Lipinski definition) is 8. The number of aryl methyl sites for hydroxylation is 1. The zero-order valence-corrected chi connectivity index (χ0v) is 21.7. The number of carbonyl (C=O) groups is 2. The van der Waals surface area contributed by atoms with Crippen LogP contribution in [0.1, 0.15) is 29.3 Å². The van der Waals surface area contributed by atoms with Gasteiger partial charge in [0.05, 0.1) is 13.2 Å². The normalized spacial score (nSPS) is 17.3. The van der Waals surface area contributed by atoms with Crippen LogP contribution in [0.3, 0.4) is 0 Å². The number of rotatable bonds is 7. The minimum Gasteiger partial charge on any atom is -0.378 e. The molecule has 2 fully saturated rings. The Kier molecular flexibility index (Phi) is 7.69. The maximum atomic E-state index is 12.5. The average Bonchev–Trinajstić information content (AvgIpc) is 3.39. The lowest BCUT2D eigenvalue weighted by molar-refractivity contribution is 0.101. The van der Waals surface area contributed by atoms with Crippen molar-refractivity contribution in [2.75, 3.05) is 59.8 Å². The van der Waals surface area contributed by atoms with Gasteiger partial charge in [-0.1, -0.05) is 0 Å². The van der Waals surface area contributed by atoms with E-state index in [1.54, 1.807) is 24.3 Å². The molecule has 38 heavy (non-hydrogen) atoms. The molecular formula is C28H33N7O3. The fraction of sp³-hybridized carbons (Fsp3) is 0.357. The van der Waals surface area contributed by atoms with Crippen molar-refractivity contribution in [1.82, 2.24) is 15.3 Å². The van der Waals surface area contributed by atoms with Crippen molar-refractivity contribution in [2.24, 2.45) is 0 Å². The molecule has 10 heteroatoms. The lowest BCUT2D eigenvalue weighted by Gasteiger charge is -2.28. The minimum absolute atomic E-state index is 0.00731. The van der Waals surface area contributed by atoms with Crippen LogP contribution in [0.2, 0.25) is 0 Å². The summed E-state index contributed by atoms with van der Waals surface area (Å²) in [5.74, 6) is 1.39. The number of nitrogens with zero attached hydrogens (tertiary/aromatic N) is 4. The second-order valence-electron chi connectivity index (χ2n) is 9.64. The first kappa shape index (κ1) is 25.5. The van der Waals surface area contributed by atoms with Gasteiger partial charge in [0.25, 0.3) is 0 Å². The van der Waals surface area contributed by atoms with Crippen molar-refractivity contribution in [2.45, 2.75) is 26.3 Å². The molecule has 1 atom stereocenters. The summed E-state index contributed by atoms with van der Waals surface area (Å²) in [5, 5.41) is 9.19. The van der Waals surface area contributed by atoms with E-state index < -0.39 is 0 Å². The van der Waals surface area contributed by atoms with Crippen LogP contribution in [0, 0.1) is 6.92 Å². The number of Topliss-reactive ketones (excluding diaryl/α,β-unsaturated/α-hetero) is 1. The lowest BCUT2D eigenvalue weighted by atomic mass is 10.1. The number of carbonyl (C=O) groups excluding carboxylic acids is 2. The summed E-state index contributed by atoms with van der Waals surface area (Å²) in [6, 6.07) is 14.9. The second-order valence-corrected chi connectivity index (χ2v) is 9.64. The maximum Gasteiger partial charge on any atom is 0.319 e. The Hall–Kier alpha value is -4.18. The molecule has 0 bridgehead atoms. The fourth-order valence-electron chi connectivity index (χ4n) is 4.73. The van der Waals surface area contributed by atoms with Gasteiger partial charge in [-0.15, -0.1) is 0 Å². The molecule has 10 nitrogen and oxygen atoms in total. The molecule has 3 aromatic rings. The monoisotopic (exact) mass is 515 g/mol. The third-order valence-corrected chi connectivity index (χ3v) is 6.82. The molecule has 3 N–H and O–H groups in total. The first-order valence-corrected chi connectivity index (χ1v) is 12.9. The molecule has 3 heterocycles. The highest BCUT2D eigenvalue weighted by molar-refractivity contribution is 5.95. The molecule has 0 aliphatic carbocycles. The molecule has 2 amide bonds. The van der Waals surface area contributed by atoms with Gasteiger partial charge in [-0.25, -0.2) is 9.78 Å². The molecule has 0 saturated carbocycles. The smallest absolute Gasteiger partial charge is 0.319 e. The third-order valence-electron chi connectivity index (χ3n) is 6.82. The summed E-state index contributed by atoms with van der Waals surface area (Å²) >= 11 is 0. The Morgan fingerprint density at radius 2 is 1.66 bits per heavy atom. The van der Waals surface area contributed by atoms with Crippen molar-refractivity contribution in [1.29, 1.82) is 0 Å². The van der Waals surface area contributed by atoms with Crippen LogP contribution >= 0.6 is 0 Å². The van der Waals surface area contributed by atoms with Crippen molar-refractivity contribution in [3.63, 3.8) is 0 Å². The van der Waals surface area contributed by atoms with E-state index in [-0.39, 0.29) is 17.9 Å². The average molecular weight is 516 g/mol. The molecule has 2 saturated heterocycles. The zero-order chi connectivity index (χ0) is 26.5. The number of benzene rings is 2. The molecule has 0 radical (unpaired) electrons. The van der Waals surface area contributed by atoms with Crippen molar-refractivity contribution >= 4 is 40.6 Å². The molecule has 5 rings (SSSR count). The molecule has 1 unspecified atom stereocenters. The standard InChI is InChI=1S/C28H33N7O3/c1-19-17-29-27(30-22-7-9-25(10-8-22)34-13-15-38-16-14-34)33-26(19)35-12-11-24(18-35)32-28(37)31-23-5-3-21(4-6-23)20(2)36/h3-10,17,24H,11-16,18H2,1-2H3,(H,29,30,33)(H2,31,32,37). The number of hydrogen-bond donors (Lipinski definition) is 3. The summed E-state index contributed by atoms with van der Waals surface area (Å²) in [4.78, 5) is 37.7. The molecule has 1 aromatic heterocycles. The molecule has 2 aromatic carbocycles. The summed E-state index contributed by atoms with van der Waals surface area (Å²) in [7, 11) is 0. The summed E-state index contributed by atoms with van der Waals surface area (Å²) in [6.45, 7) is 8.27. The highest BCUT2D eigenvalue weighted by atomic mass is 16.5. The zero-order valence-electron chi connectivity index (χ0n) is 21.7. The van der Waals surface area contributed by atoms with E-state index in [1.165, 1.54) is 12.6 Å². The van der Waals surface area contributed by atoms with Gasteiger partial charge in [0.2, 0.25) is 5.95 Å². The molecule has 2 aliphatic rings. The van der Waals surface area contributed by atoms with Crippen LogP contribution in [0.15, 0.2) is 54.7 Å². The van der Waals surface area contributed by atoms with E-state index in [9.17, 15) is 9.59 Å². The Bertz CT molecular complexity index is 1270. The summed E-state index contributed by atoms with van der Waals surface area (Å²) in [5.41, 5.74) is 4.33. The lowest BCUT2D eigenvalue weighted by Crippen LogP contribution is -2.39. The third kappa shape index (κ3) is 6.20. The molecule has 0 spiro atoms. The maximum absolute atomic E-state index is 12.5. The van der Waals surface area contributed by atoms with Gasteiger partial charge in [-0.05, 0) is 68.8 Å². The molecule has 198 valence electrons. The van der Waals surface area contributed by atoms with Gasteiger partial charge in [0, 0.05) is 66.6 Å². The predicted octanol–water partition coefficient (Wildman–Crippen LogP) is 3.97. The molecular weight excluding hydrogens is 482 g/mol. The van der Waals surface area contributed by atoms with Crippen molar-refractivity contribution in [3.8, 4) is 0 Å². The Balaban J connectivity index is 1.16. The van der Waals surface area contributed by atoms with Crippen LogP contribution in [-0.4, -0.2) is 67.2 Å². The van der Waals surface area contributed by atoms with Gasteiger partial charge in [-0.3, -0.25) is 4.79 Å². The number of ketones is 1. The number of morpholine rings is 1. The Morgan fingerprint density at radius 1 is 0.947 bits per heavy atom. The van der Waals surface area contributed by atoms with Gasteiger partial charge in [0.1, 0.15) is 5.82 Å². The van der Waals surface area contributed by atoms with E-state index in [0.29, 0.717) is 23.7 Å². The minimum atomic E-state index is -0.269. The second kappa shape index (κ2) is 11.5. The SMILES string of the molecule is CC(=O)c1ccc(NC(=O)NC2CCN(c3nc(Nc4ccc(N5CCOCC5)cc4)ncc3C)C2)cc1. The van der Waals surface area contributed by atoms with Crippen LogP contribution in [0.25, 0.3) is 0 Å². The number of ether oxygens (including phenoxy) is 1. The van der Waals surface area contributed by atoms with Gasteiger partial charge in [-0.2, -0.15) is 4.98 Å².